The van der Waals surface area contributed by atoms with Gasteiger partial charge in [0.2, 0.25) is 0 Å². The molecule has 0 atom stereocenters. The SMILES string of the molecule is Nc1ccc(SCc2cn3ccccc3n2)c(Br)c1. The van der Waals surface area contributed by atoms with Crippen LogP contribution >= 0.6 is 27.7 Å². The van der Waals surface area contributed by atoms with Crippen molar-refractivity contribution in [2.75, 3.05) is 5.73 Å². The fourth-order valence-corrected chi connectivity index (χ4v) is 3.39. The van der Waals surface area contributed by atoms with E-state index in [0.717, 1.165) is 27.3 Å². The monoisotopic (exact) mass is 333 g/mol. The molecule has 0 aliphatic heterocycles. The molecule has 19 heavy (non-hydrogen) atoms. The molecule has 0 fully saturated rings. The van der Waals surface area contributed by atoms with Crippen LogP contribution in [0.1, 0.15) is 5.69 Å². The molecular weight excluding hydrogens is 322 g/mol. The lowest BCUT2D eigenvalue weighted by atomic mass is 10.3. The van der Waals surface area contributed by atoms with E-state index in [2.05, 4.69) is 27.1 Å². The predicted molar refractivity (Wildman–Crippen MR) is 83.3 cm³/mol. The van der Waals surface area contributed by atoms with Crippen LogP contribution in [0.4, 0.5) is 5.69 Å². The maximum atomic E-state index is 5.73. The summed E-state index contributed by atoms with van der Waals surface area (Å²) in [5.74, 6) is 0.837. The number of benzene rings is 1. The van der Waals surface area contributed by atoms with Crippen LogP contribution in [0.15, 0.2) is 58.2 Å². The highest BCUT2D eigenvalue weighted by Gasteiger charge is 2.05. The molecule has 3 rings (SSSR count). The highest BCUT2D eigenvalue weighted by molar-refractivity contribution is 9.10. The molecule has 3 nitrogen and oxygen atoms in total. The molecule has 2 aromatic heterocycles. The Hall–Kier alpha value is -1.46. The average Bonchev–Trinajstić information content (AvgIpc) is 2.80. The van der Waals surface area contributed by atoms with Gasteiger partial charge in [-0.1, -0.05) is 6.07 Å². The molecule has 0 radical (unpaired) electrons. The number of fused-ring (bicyclic) bond motifs is 1. The number of pyridine rings is 1. The number of anilines is 1. The van der Waals surface area contributed by atoms with Crippen LogP contribution in [0.5, 0.6) is 0 Å². The third-order valence-corrected chi connectivity index (χ3v) is 4.77. The summed E-state index contributed by atoms with van der Waals surface area (Å²) in [5.41, 5.74) is 8.55. The van der Waals surface area contributed by atoms with Gasteiger partial charge in [-0.2, -0.15) is 0 Å². The van der Waals surface area contributed by atoms with E-state index < -0.39 is 0 Å². The van der Waals surface area contributed by atoms with Crippen molar-refractivity contribution in [1.29, 1.82) is 0 Å². The van der Waals surface area contributed by atoms with Crippen molar-refractivity contribution in [2.24, 2.45) is 0 Å². The minimum absolute atomic E-state index is 0.768. The molecule has 0 bridgehead atoms. The van der Waals surface area contributed by atoms with E-state index in [1.54, 1.807) is 11.8 Å². The number of halogens is 1. The summed E-state index contributed by atoms with van der Waals surface area (Å²) in [6.45, 7) is 0. The Morgan fingerprint density at radius 2 is 2.16 bits per heavy atom. The van der Waals surface area contributed by atoms with Crippen molar-refractivity contribution in [1.82, 2.24) is 9.38 Å². The minimum Gasteiger partial charge on any atom is -0.399 e. The third kappa shape index (κ3) is 2.77. The second kappa shape index (κ2) is 5.27. The lowest BCUT2D eigenvalue weighted by Crippen LogP contribution is -1.86. The molecular formula is C14H12BrN3S. The average molecular weight is 334 g/mol. The first-order valence-electron chi connectivity index (χ1n) is 5.83. The van der Waals surface area contributed by atoms with Crippen molar-refractivity contribution in [3.05, 3.63) is 59.0 Å². The van der Waals surface area contributed by atoms with E-state index in [1.165, 1.54) is 4.90 Å². The zero-order valence-electron chi connectivity index (χ0n) is 10.1. The Labute approximate surface area is 124 Å². The van der Waals surface area contributed by atoms with E-state index in [0.29, 0.717) is 0 Å². The van der Waals surface area contributed by atoms with Crippen LogP contribution in [-0.2, 0) is 5.75 Å². The fraction of sp³-hybridized carbons (Fsp3) is 0.0714. The Bertz CT molecular complexity index is 691. The molecule has 2 N–H and O–H groups in total. The zero-order chi connectivity index (χ0) is 13.2. The summed E-state index contributed by atoms with van der Waals surface area (Å²) < 4.78 is 3.06. The number of nitrogen functional groups attached to an aromatic ring is 1. The second-order valence-corrected chi connectivity index (χ2v) is 6.05. The van der Waals surface area contributed by atoms with E-state index in [-0.39, 0.29) is 0 Å². The van der Waals surface area contributed by atoms with Gasteiger partial charge in [-0.15, -0.1) is 11.8 Å². The van der Waals surface area contributed by atoms with Crippen molar-refractivity contribution >= 4 is 39.0 Å². The Morgan fingerprint density at radius 3 is 2.95 bits per heavy atom. The van der Waals surface area contributed by atoms with Gasteiger partial charge < -0.3 is 10.1 Å². The molecule has 0 amide bonds. The molecule has 5 heteroatoms. The molecule has 0 spiro atoms. The molecule has 0 aliphatic carbocycles. The standard InChI is InChI=1S/C14H12BrN3S/c15-12-7-10(16)4-5-13(12)19-9-11-8-18-6-2-1-3-14(18)17-11/h1-8H,9,16H2. The lowest BCUT2D eigenvalue weighted by molar-refractivity contribution is 1.18. The molecule has 3 aromatic rings. The van der Waals surface area contributed by atoms with Gasteiger partial charge >= 0.3 is 0 Å². The molecule has 2 heterocycles. The van der Waals surface area contributed by atoms with Gasteiger partial charge in [-0.05, 0) is 46.3 Å². The number of imidazole rings is 1. The van der Waals surface area contributed by atoms with Gasteiger partial charge in [-0.3, -0.25) is 0 Å². The normalized spacial score (nSPS) is 11.0. The predicted octanol–water partition coefficient (Wildman–Crippen LogP) is 3.97. The first-order chi connectivity index (χ1) is 9.22. The molecule has 96 valence electrons. The lowest BCUT2D eigenvalue weighted by Gasteiger charge is -2.03. The minimum atomic E-state index is 0.768. The Kier molecular flexibility index (Phi) is 3.48. The first-order valence-corrected chi connectivity index (χ1v) is 7.61. The smallest absolute Gasteiger partial charge is 0.137 e. The van der Waals surface area contributed by atoms with Crippen LogP contribution < -0.4 is 5.73 Å². The summed E-state index contributed by atoms with van der Waals surface area (Å²) in [6.07, 6.45) is 4.07. The molecule has 0 unspecified atom stereocenters. The summed E-state index contributed by atoms with van der Waals surface area (Å²) >= 11 is 5.27. The van der Waals surface area contributed by atoms with Crippen molar-refractivity contribution < 1.29 is 0 Å². The van der Waals surface area contributed by atoms with Gasteiger partial charge in [0, 0.05) is 33.2 Å². The van der Waals surface area contributed by atoms with Crippen LogP contribution in [0, 0.1) is 0 Å². The zero-order valence-corrected chi connectivity index (χ0v) is 12.5. The molecule has 0 saturated carbocycles. The maximum absolute atomic E-state index is 5.73. The quantitative estimate of drug-likeness (QED) is 0.582. The van der Waals surface area contributed by atoms with E-state index in [1.807, 2.05) is 47.0 Å². The molecule has 1 aromatic carbocycles. The number of hydrogen-bond acceptors (Lipinski definition) is 3. The van der Waals surface area contributed by atoms with Crippen molar-refractivity contribution in [3.8, 4) is 0 Å². The number of aromatic nitrogens is 2. The van der Waals surface area contributed by atoms with Crippen molar-refractivity contribution in [2.45, 2.75) is 10.6 Å². The third-order valence-electron chi connectivity index (χ3n) is 2.75. The van der Waals surface area contributed by atoms with Crippen LogP contribution in [0.25, 0.3) is 5.65 Å². The number of rotatable bonds is 3. The highest BCUT2D eigenvalue weighted by Crippen LogP contribution is 2.31. The fourth-order valence-electron chi connectivity index (χ4n) is 1.84. The van der Waals surface area contributed by atoms with E-state index >= 15 is 0 Å². The van der Waals surface area contributed by atoms with E-state index in [9.17, 15) is 0 Å². The molecule has 0 saturated heterocycles. The summed E-state index contributed by atoms with van der Waals surface area (Å²) in [4.78, 5) is 5.75. The van der Waals surface area contributed by atoms with Crippen LogP contribution in [0.3, 0.4) is 0 Å². The van der Waals surface area contributed by atoms with Gasteiger partial charge in [0.25, 0.3) is 0 Å². The highest BCUT2D eigenvalue weighted by atomic mass is 79.9. The largest absolute Gasteiger partial charge is 0.399 e. The summed E-state index contributed by atoms with van der Waals surface area (Å²) in [7, 11) is 0. The topological polar surface area (TPSA) is 43.3 Å². The first kappa shape index (κ1) is 12.6. The second-order valence-electron chi connectivity index (χ2n) is 4.18. The summed E-state index contributed by atoms with van der Waals surface area (Å²) in [5, 5.41) is 0. The number of nitrogens with zero attached hydrogens (tertiary/aromatic N) is 2. The maximum Gasteiger partial charge on any atom is 0.137 e. The van der Waals surface area contributed by atoms with E-state index in [4.69, 9.17) is 5.73 Å². The Morgan fingerprint density at radius 1 is 1.26 bits per heavy atom. The van der Waals surface area contributed by atoms with Gasteiger partial charge in [-0.25, -0.2) is 4.98 Å². The van der Waals surface area contributed by atoms with Gasteiger partial charge in [0.15, 0.2) is 0 Å². The molecule has 0 aliphatic rings. The van der Waals surface area contributed by atoms with Crippen LogP contribution in [-0.4, -0.2) is 9.38 Å². The number of nitrogens with two attached hydrogens (primary N) is 1. The van der Waals surface area contributed by atoms with Gasteiger partial charge in [0.1, 0.15) is 5.65 Å². The number of hydrogen-bond donors (Lipinski definition) is 1. The van der Waals surface area contributed by atoms with Gasteiger partial charge in [0.05, 0.1) is 5.69 Å². The van der Waals surface area contributed by atoms with Crippen LogP contribution in [0.2, 0.25) is 0 Å². The Balaban J connectivity index is 1.78. The number of thioether (sulfide) groups is 1. The summed E-state index contributed by atoms with van der Waals surface area (Å²) in [6, 6.07) is 11.9. The van der Waals surface area contributed by atoms with Crippen molar-refractivity contribution in [3.63, 3.8) is 0 Å².